The number of aryl methyl sites for hydroxylation is 1. The first kappa shape index (κ1) is 15.9. The van der Waals surface area contributed by atoms with Gasteiger partial charge in [-0.2, -0.15) is 0 Å². The predicted octanol–water partition coefficient (Wildman–Crippen LogP) is 5.24. The first-order valence-corrected chi connectivity index (χ1v) is 7.91. The number of halogens is 2. The van der Waals surface area contributed by atoms with Crippen LogP contribution in [0, 0.1) is 6.92 Å². The van der Waals surface area contributed by atoms with Gasteiger partial charge in [0.2, 0.25) is 0 Å². The Hall–Kier alpha value is -1.97. The molecule has 118 valence electrons. The second-order valence-electron chi connectivity index (χ2n) is 5.44. The first-order chi connectivity index (χ1) is 11.0. The molecule has 3 rings (SSSR count). The van der Waals surface area contributed by atoms with Crippen LogP contribution in [0.25, 0.3) is 0 Å². The number of anilines is 2. The molecule has 0 aromatic heterocycles. The largest absolute Gasteiger partial charge is 0.461 e. The summed E-state index contributed by atoms with van der Waals surface area (Å²) in [7, 11) is 0. The molecule has 1 saturated heterocycles. The number of hydrogen-bond acceptors (Lipinski definition) is 3. The average Bonchev–Trinajstić information content (AvgIpc) is 2.88. The third kappa shape index (κ3) is 2.94. The molecule has 0 amide bonds. The van der Waals surface area contributed by atoms with E-state index in [1.165, 1.54) is 0 Å². The molecule has 23 heavy (non-hydrogen) atoms. The Kier molecular flexibility index (Phi) is 4.33. The molecule has 3 nitrogen and oxygen atoms in total. The number of ether oxygens (including phenoxy) is 1. The first-order valence-electron chi connectivity index (χ1n) is 7.15. The number of cyclic esters (lactones) is 1. The lowest BCUT2D eigenvalue weighted by molar-refractivity contribution is -0.135. The fourth-order valence-electron chi connectivity index (χ4n) is 2.59. The van der Waals surface area contributed by atoms with E-state index in [9.17, 15) is 4.79 Å². The predicted molar refractivity (Wildman–Crippen MR) is 93.8 cm³/mol. The highest BCUT2D eigenvalue weighted by molar-refractivity contribution is 6.39. The maximum Gasteiger partial charge on any atom is 0.334 e. The minimum Gasteiger partial charge on any atom is -0.461 e. The average molecular weight is 348 g/mol. The molecule has 0 aliphatic carbocycles. The third-order valence-electron chi connectivity index (χ3n) is 3.94. The highest BCUT2D eigenvalue weighted by atomic mass is 35.5. The van der Waals surface area contributed by atoms with Crippen molar-refractivity contribution in [2.75, 3.05) is 11.9 Å². The van der Waals surface area contributed by atoms with Crippen LogP contribution in [0.2, 0.25) is 10.0 Å². The third-order valence-corrected chi connectivity index (χ3v) is 4.75. The number of carbonyl (C=O) groups excluding carboxylic acids is 1. The number of carbonyl (C=O) groups is 1. The van der Waals surface area contributed by atoms with Crippen molar-refractivity contribution in [3.63, 3.8) is 0 Å². The molecule has 1 heterocycles. The van der Waals surface area contributed by atoms with E-state index in [1.54, 1.807) is 6.07 Å². The molecule has 1 N–H and O–H groups in total. The number of para-hydroxylation sites is 1. The van der Waals surface area contributed by atoms with Gasteiger partial charge < -0.3 is 10.1 Å². The Morgan fingerprint density at radius 1 is 1.22 bits per heavy atom. The maximum absolute atomic E-state index is 11.6. The maximum atomic E-state index is 11.6. The van der Waals surface area contributed by atoms with Gasteiger partial charge in [-0.15, -0.1) is 0 Å². The molecule has 0 radical (unpaired) electrons. The summed E-state index contributed by atoms with van der Waals surface area (Å²) in [6, 6.07) is 11.3. The summed E-state index contributed by atoms with van der Waals surface area (Å²) in [4.78, 5) is 11.6. The van der Waals surface area contributed by atoms with Gasteiger partial charge in [-0.25, -0.2) is 4.79 Å². The second-order valence-corrected chi connectivity index (χ2v) is 6.23. The van der Waals surface area contributed by atoms with Crippen LogP contribution in [-0.2, 0) is 9.53 Å². The van der Waals surface area contributed by atoms with E-state index in [0.717, 1.165) is 16.8 Å². The summed E-state index contributed by atoms with van der Waals surface area (Å²) in [5, 5.41) is 4.40. The fraction of sp³-hybridized carbons (Fsp3) is 0.167. The molecule has 0 saturated carbocycles. The monoisotopic (exact) mass is 347 g/mol. The van der Waals surface area contributed by atoms with Crippen molar-refractivity contribution in [3.8, 4) is 0 Å². The quantitative estimate of drug-likeness (QED) is 0.609. The molecule has 1 fully saturated rings. The number of rotatable bonds is 3. The Bertz CT molecular complexity index is 802. The van der Waals surface area contributed by atoms with Gasteiger partial charge in [0.25, 0.3) is 0 Å². The molecular weight excluding hydrogens is 333 g/mol. The van der Waals surface area contributed by atoms with E-state index < -0.39 is 0 Å². The van der Waals surface area contributed by atoms with Crippen LogP contribution in [0.3, 0.4) is 0 Å². The summed E-state index contributed by atoms with van der Waals surface area (Å²) in [6.07, 6.45) is 0. The molecule has 5 heteroatoms. The van der Waals surface area contributed by atoms with E-state index in [4.69, 9.17) is 27.9 Å². The molecule has 1 aliphatic heterocycles. The van der Waals surface area contributed by atoms with Crippen molar-refractivity contribution < 1.29 is 9.53 Å². The Morgan fingerprint density at radius 3 is 2.65 bits per heavy atom. The van der Waals surface area contributed by atoms with Gasteiger partial charge in [0, 0.05) is 11.3 Å². The fourth-order valence-corrected chi connectivity index (χ4v) is 3.06. The van der Waals surface area contributed by atoms with E-state index in [2.05, 4.69) is 11.9 Å². The number of nitrogens with one attached hydrogen (secondary N) is 1. The lowest BCUT2D eigenvalue weighted by atomic mass is 9.93. The van der Waals surface area contributed by atoms with Gasteiger partial charge in [-0.3, -0.25) is 0 Å². The van der Waals surface area contributed by atoms with Crippen LogP contribution in [-0.4, -0.2) is 12.6 Å². The molecule has 1 unspecified atom stereocenters. The van der Waals surface area contributed by atoms with Gasteiger partial charge >= 0.3 is 5.97 Å². The molecule has 2 aromatic carbocycles. The molecule has 1 aliphatic rings. The van der Waals surface area contributed by atoms with E-state index in [0.29, 0.717) is 27.9 Å². The van der Waals surface area contributed by atoms with Crippen LogP contribution in [0.5, 0.6) is 0 Å². The van der Waals surface area contributed by atoms with E-state index in [-0.39, 0.29) is 11.9 Å². The standard InChI is InChI=1S/C18H15Cl2NO2/c1-10-7-8-14(19)17(16(10)20)21-15-6-4-3-5-12(15)13-9-23-18(22)11(13)2/h3-8,13,21H,2,9H2,1H3. The van der Waals surface area contributed by atoms with Gasteiger partial charge in [0.1, 0.15) is 6.61 Å². The second kappa shape index (κ2) is 6.26. The smallest absolute Gasteiger partial charge is 0.334 e. The SMILES string of the molecule is C=C1C(=O)OCC1c1ccccc1Nc1c(Cl)ccc(C)c1Cl. The van der Waals surface area contributed by atoms with Crippen LogP contribution >= 0.6 is 23.2 Å². The zero-order valence-corrected chi connectivity index (χ0v) is 14.0. The highest BCUT2D eigenvalue weighted by Crippen LogP contribution is 2.39. The molecule has 0 bridgehead atoms. The van der Waals surface area contributed by atoms with Gasteiger partial charge in [0.15, 0.2) is 0 Å². The summed E-state index contributed by atoms with van der Waals surface area (Å²) >= 11 is 12.6. The highest BCUT2D eigenvalue weighted by Gasteiger charge is 2.31. The van der Waals surface area contributed by atoms with E-state index in [1.807, 2.05) is 37.3 Å². The Labute approximate surface area is 144 Å². The summed E-state index contributed by atoms with van der Waals surface area (Å²) in [6.45, 7) is 6.05. The van der Waals surface area contributed by atoms with Gasteiger partial charge in [0.05, 0.1) is 21.7 Å². The van der Waals surface area contributed by atoms with E-state index >= 15 is 0 Å². The lowest BCUT2D eigenvalue weighted by Gasteiger charge is -2.18. The van der Waals surface area contributed by atoms with Gasteiger partial charge in [-0.1, -0.05) is 54.0 Å². The summed E-state index contributed by atoms with van der Waals surface area (Å²) in [5.74, 6) is -0.523. The molecule has 2 aromatic rings. The minimum absolute atomic E-state index is 0.173. The normalized spacial score (nSPS) is 17.3. The molecular formula is C18H15Cl2NO2. The molecule has 1 atom stereocenters. The van der Waals surface area contributed by atoms with Crippen molar-refractivity contribution in [1.29, 1.82) is 0 Å². The topological polar surface area (TPSA) is 38.3 Å². The van der Waals surface area contributed by atoms with Crippen LogP contribution < -0.4 is 5.32 Å². The van der Waals surface area contributed by atoms with Crippen LogP contribution in [0.15, 0.2) is 48.6 Å². The Balaban J connectivity index is 2.01. The zero-order chi connectivity index (χ0) is 16.6. The van der Waals surface area contributed by atoms with Crippen molar-refractivity contribution in [2.45, 2.75) is 12.8 Å². The van der Waals surface area contributed by atoms with Crippen molar-refractivity contribution in [2.24, 2.45) is 0 Å². The minimum atomic E-state index is -0.351. The zero-order valence-electron chi connectivity index (χ0n) is 12.5. The lowest BCUT2D eigenvalue weighted by Crippen LogP contribution is -2.05. The van der Waals surface area contributed by atoms with Crippen molar-refractivity contribution in [3.05, 3.63) is 69.7 Å². The van der Waals surface area contributed by atoms with Crippen LogP contribution in [0.1, 0.15) is 17.0 Å². The molecule has 0 spiro atoms. The van der Waals surface area contributed by atoms with Crippen molar-refractivity contribution >= 4 is 40.5 Å². The number of esters is 1. The van der Waals surface area contributed by atoms with Gasteiger partial charge in [-0.05, 0) is 30.2 Å². The van der Waals surface area contributed by atoms with Crippen LogP contribution in [0.4, 0.5) is 11.4 Å². The summed E-state index contributed by atoms with van der Waals surface area (Å²) < 4.78 is 5.09. The number of hydrogen-bond donors (Lipinski definition) is 1. The Morgan fingerprint density at radius 2 is 1.96 bits per heavy atom. The number of benzene rings is 2. The van der Waals surface area contributed by atoms with Crippen molar-refractivity contribution in [1.82, 2.24) is 0 Å². The summed E-state index contributed by atoms with van der Waals surface area (Å²) in [5.41, 5.74) is 3.79.